The fourth-order valence-corrected chi connectivity index (χ4v) is 3.59. The number of rotatable bonds is 5. The molecule has 4 rings (SSSR count). The first-order valence-corrected chi connectivity index (χ1v) is 9.03. The van der Waals surface area contributed by atoms with Crippen molar-refractivity contribution in [2.75, 3.05) is 11.9 Å². The van der Waals surface area contributed by atoms with Gasteiger partial charge < -0.3 is 14.9 Å². The van der Waals surface area contributed by atoms with Crippen LogP contribution in [0.1, 0.15) is 33.0 Å². The molecule has 1 aliphatic rings. The number of carbonyl (C=O) groups is 2. The summed E-state index contributed by atoms with van der Waals surface area (Å²) in [5, 5.41) is 20.9. The Bertz CT molecular complexity index is 1050. The van der Waals surface area contributed by atoms with E-state index in [9.17, 15) is 14.7 Å². The zero-order valence-corrected chi connectivity index (χ0v) is 15.3. The van der Waals surface area contributed by atoms with Gasteiger partial charge in [-0.2, -0.15) is 0 Å². The van der Waals surface area contributed by atoms with Gasteiger partial charge in [-0.05, 0) is 28.3 Å². The summed E-state index contributed by atoms with van der Waals surface area (Å²) in [5.74, 6) is -1.18. The van der Waals surface area contributed by atoms with Crippen molar-refractivity contribution in [1.82, 2.24) is 4.98 Å². The van der Waals surface area contributed by atoms with Crippen LogP contribution in [0.5, 0.6) is 0 Å². The highest BCUT2D eigenvalue weighted by atomic mass is 16.5. The van der Waals surface area contributed by atoms with Gasteiger partial charge in [0.2, 0.25) is 0 Å². The third-order valence-corrected chi connectivity index (χ3v) is 4.95. The third-order valence-electron chi connectivity index (χ3n) is 4.95. The van der Waals surface area contributed by atoms with Crippen molar-refractivity contribution >= 4 is 17.9 Å². The number of ether oxygens (including phenoxy) is 1. The summed E-state index contributed by atoms with van der Waals surface area (Å²) < 4.78 is 5.43. The fraction of sp³-hybridized carbons (Fsp3) is 0.136. The molecule has 0 aliphatic heterocycles. The minimum Gasteiger partial charge on any atom is -0.478 e. The van der Waals surface area contributed by atoms with E-state index < -0.39 is 18.7 Å². The summed E-state index contributed by atoms with van der Waals surface area (Å²) in [5.41, 5.74) is 4.57. The van der Waals surface area contributed by atoms with E-state index in [4.69, 9.17) is 9.84 Å². The van der Waals surface area contributed by atoms with Crippen LogP contribution in [0.15, 0.2) is 60.8 Å². The van der Waals surface area contributed by atoms with Crippen molar-refractivity contribution in [2.45, 2.75) is 12.5 Å². The predicted octanol–water partition coefficient (Wildman–Crippen LogP) is 3.63. The average molecular weight is 390 g/mol. The van der Waals surface area contributed by atoms with Gasteiger partial charge >= 0.3 is 12.1 Å². The van der Waals surface area contributed by atoms with E-state index in [2.05, 4.69) is 22.4 Å². The Morgan fingerprint density at radius 3 is 2.24 bits per heavy atom. The number of carboxylic acid groups (broad SMARTS) is 1. The van der Waals surface area contributed by atoms with Crippen LogP contribution < -0.4 is 5.32 Å². The van der Waals surface area contributed by atoms with Crippen molar-refractivity contribution in [2.24, 2.45) is 0 Å². The zero-order valence-electron chi connectivity index (χ0n) is 15.3. The highest BCUT2D eigenvalue weighted by Gasteiger charge is 2.29. The summed E-state index contributed by atoms with van der Waals surface area (Å²) in [6.07, 6.45) is 0.387. The first-order valence-electron chi connectivity index (χ1n) is 9.03. The Hall–Kier alpha value is -3.71. The highest BCUT2D eigenvalue weighted by molar-refractivity contribution is 5.89. The number of anilines is 1. The smallest absolute Gasteiger partial charge is 0.412 e. The number of hydrogen-bond donors (Lipinski definition) is 3. The molecule has 146 valence electrons. The van der Waals surface area contributed by atoms with Crippen LogP contribution >= 0.6 is 0 Å². The molecule has 0 unspecified atom stereocenters. The van der Waals surface area contributed by atoms with E-state index >= 15 is 0 Å². The number of aromatic carboxylic acids is 1. The second-order valence-electron chi connectivity index (χ2n) is 6.65. The molecule has 29 heavy (non-hydrogen) atoms. The number of benzene rings is 2. The van der Waals surface area contributed by atoms with Crippen molar-refractivity contribution in [3.8, 4) is 11.1 Å². The minimum atomic E-state index is -1.17. The number of carbonyl (C=O) groups excluding carboxylic acids is 1. The van der Waals surface area contributed by atoms with E-state index in [1.165, 1.54) is 6.07 Å². The Balaban J connectivity index is 1.49. The van der Waals surface area contributed by atoms with E-state index in [1.54, 1.807) is 0 Å². The van der Waals surface area contributed by atoms with Crippen LogP contribution in [-0.2, 0) is 11.3 Å². The fourth-order valence-electron chi connectivity index (χ4n) is 3.59. The lowest BCUT2D eigenvalue weighted by Crippen LogP contribution is -2.19. The van der Waals surface area contributed by atoms with Gasteiger partial charge in [0, 0.05) is 17.7 Å². The Kier molecular flexibility index (Phi) is 4.97. The minimum absolute atomic E-state index is 0.0646. The Labute approximate surface area is 166 Å². The van der Waals surface area contributed by atoms with Crippen LogP contribution in [-0.4, -0.2) is 33.9 Å². The molecule has 7 nitrogen and oxygen atoms in total. The first-order chi connectivity index (χ1) is 14.1. The molecular formula is C22H18N2O5. The summed E-state index contributed by atoms with van der Waals surface area (Å²) in [6.45, 7) is -0.325. The van der Waals surface area contributed by atoms with E-state index in [-0.39, 0.29) is 29.5 Å². The van der Waals surface area contributed by atoms with Crippen LogP contribution in [0.3, 0.4) is 0 Å². The van der Waals surface area contributed by atoms with E-state index in [1.807, 2.05) is 36.4 Å². The topological polar surface area (TPSA) is 109 Å². The van der Waals surface area contributed by atoms with Gasteiger partial charge in [-0.25, -0.2) is 14.6 Å². The van der Waals surface area contributed by atoms with Crippen LogP contribution in [0.25, 0.3) is 11.1 Å². The second-order valence-corrected chi connectivity index (χ2v) is 6.65. The maximum absolute atomic E-state index is 12.3. The van der Waals surface area contributed by atoms with Gasteiger partial charge in [-0.15, -0.1) is 0 Å². The number of aromatic nitrogens is 1. The third kappa shape index (κ3) is 3.55. The molecule has 0 saturated heterocycles. The lowest BCUT2D eigenvalue weighted by Gasteiger charge is -2.15. The Morgan fingerprint density at radius 1 is 1.03 bits per heavy atom. The average Bonchev–Trinajstić information content (AvgIpc) is 3.06. The highest BCUT2D eigenvalue weighted by Crippen LogP contribution is 2.44. The molecule has 1 amide bonds. The number of amides is 1. The number of pyridine rings is 1. The molecular weight excluding hydrogens is 372 g/mol. The summed E-state index contributed by atoms with van der Waals surface area (Å²) in [7, 11) is 0. The van der Waals surface area contributed by atoms with Crippen molar-refractivity contribution < 1.29 is 24.5 Å². The number of hydrogen-bond acceptors (Lipinski definition) is 5. The van der Waals surface area contributed by atoms with Crippen molar-refractivity contribution in [3.63, 3.8) is 0 Å². The van der Waals surface area contributed by atoms with Gasteiger partial charge in [-0.3, -0.25) is 5.32 Å². The second kappa shape index (κ2) is 7.73. The maximum atomic E-state index is 12.3. The largest absolute Gasteiger partial charge is 0.478 e. The van der Waals surface area contributed by atoms with Crippen molar-refractivity contribution in [3.05, 3.63) is 83.0 Å². The van der Waals surface area contributed by atoms with Crippen molar-refractivity contribution in [1.29, 1.82) is 0 Å². The molecule has 3 aromatic rings. The number of aliphatic hydroxyl groups excluding tert-OH is 1. The molecule has 3 N–H and O–H groups in total. The molecule has 1 aromatic heterocycles. The molecule has 7 heteroatoms. The normalized spacial score (nSPS) is 12.2. The number of nitrogens with one attached hydrogen (secondary N) is 1. The van der Waals surface area contributed by atoms with Crippen LogP contribution in [0, 0.1) is 0 Å². The molecule has 0 saturated carbocycles. The summed E-state index contributed by atoms with van der Waals surface area (Å²) in [6, 6.07) is 17.3. The maximum Gasteiger partial charge on any atom is 0.412 e. The molecule has 0 atom stereocenters. The van der Waals surface area contributed by atoms with Gasteiger partial charge in [0.05, 0.1) is 12.2 Å². The van der Waals surface area contributed by atoms with Crippen LogP contribution in [0.4, 0.5) is 10.6 Å². The number of fused-ring (bicyclic) bond motifs is 3. The standard InChI is InChI=1S/C22H18N2O5/c25-11-14-9-13(21(26)27)10-23-20(14)24-22(28)29-12-19-17-7-3-1-5-15(17)16-6-2-4-8-18(16)19/h1-10,19,25H,11-12H2,(H,26,27)(H,23,24,28). The molecule has 0 bridgehead atoms. The lowest BCUT2D eigenvalue weighted by molar-refractivity contribution is 0.0696. The van der Waals surface area contributed by atoms with Gasteiger partial charge in [-0.1, -0.05) is 48.5 Å². The monoisotopic (exact) mass is 390 g/mol. The zero-order chi connectivity index (χ0) is 20.4. The molecule has 1 aliphatic carbocycles. The number of nitrogens with zero attached hydrogens (tertiary/aromatic N) is 1. The first kappa shape index (κ1) is 18.6. The van der Waals surface area contributed by atoms with Gasteiger partial charge in [0.15, 0.2) is 0 Å². The lowest BCUT2D eigenvalue weighted by atomic mass is 9.98. The summed E-state index contributed by atoms with van der Waals surface area (Å²) >= 11 is 0. The Morgan fingerprint density at radius 2 is 1.66 bits per heavy atom. The number of aliphatic hydroxyl groups is 1. The van der Waals surface area contributed by atoms with Gasteiger partial charge in [0.1, 0.15) is 12.4 Å². The molecule has 0 radical (unpaired) electrons. The molecule has 0 spiro atoms. The van der Waals surface area contributed by atoms with Crippen LogP contribution in [0.2, 0.25) is 0 Å². The van der Waals surface area contributed by atoms with Gasteiger partial charge in [0.25, 0.3) is 0 Å². The molecule has 2 aromatic carbocycles. The molecule has 0 fully saturated rings. The number of carboxylic acids is 1. The van der Waals surface area contributed by atoms with E-state index in [0.717, 1.165) is 28.5 Å². The molecule has 1 heterocycles. The SMILES string of the molecule is O=C(Nc1ncc(C(=O)O)cc1CO)OCC1c2ccccc2-c2ccccc21. The summed E-state index contributed by atoms with van der Waals surface area (Å²) in [4.78, 5) is 27.2. The van der Waals surface area contributed by atoms with E-state index in [0.29, 0.717) is 0 Å². The predicted molar refractivity (Wildman–Crippen MR) is 106 cm³/mol. The quantitative estimate of drug-likeness (QED) is 0.614.